The minimum Gasteiger partial charge on any atom is -0.494 e. The number of hydrogen-bond donors (Lipinski definition) is 1. The van der Waals surface area contributed by atoms with Gasteiger partial charge in [-0.15, -0.1) is 0 Å². The van der Waals surface area contributed by atoms with Gasteiger partial charge in [0.25, 0.3) is 0 Å². The largest absolute Gasteiger partial charge is 0.494 e. The van der Waals surface area contributed by atoms with Crippen molar-refractivity contribution in [2.75, 3.05) is 6.61 Å². The fourth-order valence-corrected chi connectivity index (χ4v) is 2.07. The highest BCUT2D eigenvalue weighted by atomic mass is 16.5. The molecule has 0 bridgehead atoms. The Bertz CT molecular complexity index is 551. The molecule has 0 spiro atoms. The van der Waals surface area contributed by atoms with E-state index in [2.05, 4.69) is 19.1 Å². The summed E-state index contributed by atoms with van der Waals surface area (Å²) in [4.78, 5) is 0. The second kappa shape index (κ2) is 7.70. The molecule has 0 aromatic heterocycles. The van der Waals surface area contributed by atoms with Gasteiger partial charge in [-0.05, 0) is 49.6 Å². The van der Waals surface area contributed by atoms with Crippen LogP contribution in [0.15, 0.2) is 48.5 Å². The lowest BCUT2D eigenvalue weighted by molar-refractivity contribution is 0.338. The molecule has 1 unspecified atom stereocenters. The predicted molar refractivity (Wildman–Crippen MR) is 86.1 cm³/mol. The number of rotatable bonds is 7. The highest BCUT2D eigenvalue weighted by Gasteiger charge is 2.03. The summed E-state index contributed by atoms with van der Waals surface area (Å²) in [5.41, 5.74) is 7.20. The van der Waals surface area contributed by atoms with Crippen LogP contribution >= 0.6 is 0 Å². The second-order valence-corrected chi connectivity index (χ2v) is 5.03. The molecule has 0 saturated heterocycles. The molecule has 0 amide bonds. The molecule has 0 saturated carbocycles. The average Bonchev–Trinajstić information content (AvgIpc) is 2.50. The Morgan fingerprint density at radius 1 is 0.952 bits per heavy atom. The van der Waals surface area contributed by atoms with E-state index in [0.29, 0.717) is 6.61 Å². The number of nitrogens with two attached hydrogens (primary N) is 1. The lowest BCUT2D eigenvalue weighted by atomic mass is 10.0. The zero-order valence-electron chi connectivity index (χ0n) is 12.7. The molecule has 1 atom stereocenters. The molecule has 0 aliphatic carbocycles. The standard InChI is InChI=1S/C18H23NO2/c1-3-15(19)12-14-8-10-16(11-9-14)21-18-7-5-6-17(13-18)20-4-2/h5-11,13,15H,3-4,12,19H2,1-2H3. The number of hydrogen-bond acceptors (Lipinski definition) is 3. The van der Waals surface area contributed by atoms with Gasteiger partial charge in [0, 0.05) is 12.1 Å². The van der Waals surface area contributed by atoms with E-state index in [9.17, 15) is 0 Å². The van der Waals surface area contributed by atoms with Crippen molar-refractivity contribution in [1.29, 1.82) is 0 Å². The van der Waals surface area contributed by atoms with Crippen molar-refractivity contribution in [1.82, 2.24) is 0 Å². The van der Waals surface area contributed by atoms with Crippen molar-refractivity contribution in [3.8, 4) is 17.2 Å². The third kappa shape index (κ3) is 4.80. The molecule has 0 heterocycles. The maximum Gasteiger partial charge on any atom is 0.131 e. The third-order valence-electron chi connectivity index (χ3n) is 3.30. The van der Waals surface area contributed by atoms with Crippen molar-refractivity contribution < 1.29 is 9.47 Å². The first-order chi connectivity index (χ1) is 10.2. The minimum absolute atomic E-state index is 0.222. The molecule has 2 rings (SSSR count). The highest BCUT2D eigenvalue weighted by Crippen LogP contribution is 2.25. The summed E-state index contributed by atoms with van der Waals surface area (Å²) in [6.45, 7) is 4.72. The average molecular weight is 285 g/mol. The fraction of sp³-hybridized carbons (Fsp3) is 0.333. The number of ether oxygens (including phenoxy) is 2. The third-order valence-corrected chi connectivity index (χ3v) is 3.30. The van der Waals surface area contributed by atoms with E-state index in [4.69, 9.17) is 15.2 Å². The molecule has 3 nitrogen and oxygen atoms in total. The normalized spacial score (nSPS) is 12.0. The van der Waals surface area contributed by atoms with Crippen molar-refractivity contribution in [3.05, 3.63) is 54.1 Å². The zero-order chi connectivity index (χ0) is 15.1. The van der Waals surface area contributed by atoms with Crippen LogP contribution in [0.3, 0.4) is 0 Å². The molecule has 112 valence electrons. The van der Waals surface area contributed by atoms with Gasteiger partial charge in [0.1, 0.15) is 17.2 Å². The molecule has 0 radical (unpaired) electrons. The van der Waals surface area contributed by atoms with Crippen LogP contribution in [-0.4, -0.2) is 12.6 Å². The van der Waals surface area contributed by atoms with E-state index in [1.54, 1.807) is 0 Å². The van der Waals surface area contributed by atoms with Crippen LogP contribution in [-0.2, 0) is 6.42 Å². The number of benzene rings is 2. The minimum atomic E-state index is 0.222. The molecule has 2 N–H and O–H groups in total. The van der Waals surface area contributed by atoms with Gasteiger partial charge in [0.2, 0.25) is 0 Å². The molecule has 0 aliphatic rings. The molecule has 0 aliphatic heterocycles. The van der Waals surface area contributed by atoms with Crippen LogP contribution < -0.4 is 15.2 Å². The highest BCUT2D eigenvalue weighted by molar-refractivity contribution is 5.37. The van der Waals surface area contributed by atoms with E-state index in [1.807, 2.05) is 43.3 Å². The SMILES string of the molecule is CCOc1cccc(Oc2ccc(CC(N)CC)cc2)c1. The summed E-state index contributed by atoms with van der Waals surface area (Å²) < 4.78 is 11.3. The van der Waals surface area contributed by atoms with Crippen LogP contribution in [0.1, 0.15) is 25.8 Å². The molecule has 2 aromatic rings. The maximum atomic E-state index is 5.97. The predicted octanol–water partition coefficient (Wildman–Crippen LogP) is 4.16. The first-order valence-electron chi connectivity index (χ1n) is 7.46. The lowest BCUT2D eigenvalue weighted by Crippen LogP contribution is -2.21. The van der Waals surface area contributed by atoms with Gasteiger partial charge in [-0.2, -0.15) is 0 Å². The van der Waals surface area contributed by atoms with Gasteiger partial charge in [-0.3, -0.25) is 0 Å². The first kappa shape index (κ1) is 15.4. The summed E-state index contributed by atoms with van der Waals surface area (Å²) in [6, 6.07) is 16.0. The van der Waals surface area contributed by atoms with Crippen molar-refractivity contribution in [3.63, 3.8) is 0 Å². The van der Waals surface area contributed by atoms with Gasteiger partial charge in [-0.25, -0.2) is 0 Å². The molecule has 21 heavy (non-hydrogen) atoms. The van der Waals surface area contributed by atoms with E-state index in [1.165, 1.54) is 5.56 Å². The monoisotopic (exact) mass is 285 g/mol. The van der Waals surface area contributed by atoms with Crippen LogP contribution in [0.5, 0.6) is 17.2 Å². The van der Waals surface area contributed by atoms with Crippen LogP contribution in [0.2, 0.25) is 0 Å². The molecule has 0 fully saturated rings. The summed E-state index contributed by atoms with van der Waals surface area (Å²) in [5.74, 6) is 2.41. The topological polar surface area (TPSA) is 44.5 Å². The van der Waals surface area contributed by atoms with Crippen LogP contribution in [0, 0.1) is 0 Å². The Morgan fingerprint density at radius 2 is 1.67 bits per heavy atom. The summed E-state index contributed by atoms with van der Waals surface area (Å²) >= 11 is 0. The van der Waals surface area contributed by atoms with Crippen LogP contribution in [0.4, 0.5) is 0 Å². The van der Waals surface area contributed by atoms with Crippen molar-refractivity contribution in [2.24, 2.45) is 5.73 Å². The fourth-order valence-electron chi connectivity index (χ4n) is 2.07. The van der Waals surface area contributed by atoms with Gasteiger partial charge in [-0.1, -0.05) is 25.1 Å². The Morgan fingerprint density at radius 3 is 2.33 bits per heavy atom. The van der Waals surface area contributed by atoms with E-state index < -0.39 is 0 Å². The zero-order valence-corrected chi connectivity index (χ0v) is 12.7. The van der Waals surface area contributed by atoms with Gasteiger partial charge >= 0.3 is 0 Å². The molecular weight excluding hydrogens is 262 g/mol. The van der Waals surface area contributed by atoms with E-state index in [0.717, 1.165) is 30.1 Å². The van der Waals surface area contributed by atoms with Gasteiger partial charge < -0.3 is 15.2 Å². The lowest BCUT2D eigenvalue weighted by Gasteiger charge is -2.10. The molecular formula is C18H23NO2. The van der Waals surface area contributed by atoms with E-state index in [-0.39, 0.29) is 6.04 Å². The second-order valence-electron chi connectivity index (χ2n) is 5.03. The Kier molecular flexibility index (Phi) is 5.64. The van der Waals surface area contributed by atoms with Gasteiger partial charge in [0.15, 0.2) is 0 Å². The Hall–Kier alpha value is -2.00. The quantitative estimate of drug-likeness (QED) is 0.831. The first-order valence-corrected chi connectivity index (χ1v) is 7.46. The maximum absolute atomic E-state index is 5.97. The summed E-state index contributed by atoms with van der Waals surface area (Å²) in [7, 11) is 0. The Balaban J connectivity index is 2.01. The van der Waals surface area contributed by atoms with Crippen molar-refractivity contribution >= 4 is 0 Å². The van der Waals surface area contributed by atoms with Crippen LogP contribution in [0.25, 0.3) is 0 Å². The van der Waals surface area contributed by atoms with Crippen molar-refractivity contribution in [2.45, 2.75) is 32.7 Å². The summed E-state index contributed by atoms with van der Waals surface area (Å²) in [5, 5.41) is 0. The summed E-state index contributed by atoms with van der Waals surface area (Å²) in [6.07, 6.45) is 1.89. The Labute approximate surface area is 126 Å². The molecule has 3 heteroatoms. The van der Waals surface area contributed by atoms with Gasteiger partial charge in [0.05, 0.1) is 6.61 Å². The molecule has 2 aromatic carbocycles. The van der Waals surface area contributed by atoms with E-state index >= 15 is 0 Å². The smallest absolute Gasteiger partial charge is 0.131 e.